The normalized spacial score (nSPS) is 11.8. The van der Waals surface area contributed by atoms with Crippen molar-refractivity contribution in [1.29, 1.82) is 0 Å². The molecule has 0 radical (unpaired) electrons. The first-order valence-corrected chi connectivity index (χ1v) is 5.17. The Labute approximate surface area is 94.5 Å². The van der Waals surface area contributed by atoms with Gasteiger partial charge in [0.15, 0.2) is 0 Å². The SMILES string of the molecule is Cc1ccccc1-c1noc(C(C)(C)N)n1. The molecule has 2 rings (SSSR count). The Hall–Kier alpha value is -1.68. The van der Waals surface area contributed by atoms with E-state index < -0.39 is 5.54 Å². The number of nitrogens with zero attached hydrogens (tertiary/aromatic N) is 2. The van der Waals surface area contributed by atoms with Gasteiger partial charge in [-0.2, -0.15) is 4.98 Å². The Kier molecular flexibility index (Phi) is 2.52. The van der Waals surface area contributed by atoms with Gasteiger partial charge >= 0.3 is 0 Å². The topological polar surface area (TPSA) is 64.9 Å². The van der Waals surface area contributed by atoms with Crippen molar-refractivity contribution in [2.45, 2.75) is 26.3 Å². The van der Waals surface area contributed by atoms with Crippen LogP contribution < -0.4 is 5.73 Å². The monoisotopic (exact) mass is 217 g/mol. The van der Waals surface area contributed by atoms with Crippen molar-refractivity contribution < 1.29 is 4.52 Å². The molecular formula is C12H15N3O. The van der Waals surface area contributed by atoms with Gasteiger partial charge in [-0.3, -0.25) is 0 Å². The first-order chi connectivity index (χ1) is 7.48. The molecule has 1 aromatic carbocycles. The molecule has 0 saturated carbocycles. The fourth-order valence-electron chi connectivity index (χ4n) is 1.42. The van der Waals surface area contributed by atoms with Crippen LogP contribution in [0.5, 0.6) is 0 Å². The summed E-state index contributed by atoms with van der Waals surface area (Å²) in [5, 5.41) is 3.95. The van der Waals surface area contributed by atoms with Gasteiger partial charge in [0.1, 0.15) is 0 Å². The quantitative estimate of drug-likeness (QED) is 0.837. The Bertz CT molecular complexity index is 497. The number of rotatable bonds is 2. The summed E-state index contributed by atoms with van der Waals surface area (Å²) in [5.74, 6) is 1.04. The molecule has 4 heteroatoms. The summed E-state index contributed by atoms with van der Waals surface area (Å²) in [6, 6.07) is 7.91. The minimum atomic E-state index is -0.603. The third-order valence-corrected chi connectivity index (χ3v) is 2.36. The zero-order valence-electron chi connectivity index (χ0n) is 9.69. The smallest absolute Gasteiger partial charge is 0.246 e. The van der Waals surface area contributed by atoms with Crippen molar-refractivity contribution in [2.24, 2.45) is 5.73 Å². The van der Waals surface area contributed by atoms with E-state index in [0.717, 1.165) is 11.1 Å². The van der Waals surface area contributed by atoms with Crippen molar-refractivity contribution in [1.82, 2.24) is 10.1 Å². The van der Waals surface area contributed by atoms with E-state index in [1.807, 2.05) is 45.0 Å². The van der Waals surface area contributed by atoms with Crippen LogP contribution in [0.1, 0.15) is 25.3 Å². The second kappa shape index (κ2) is 3.72. The maximum atomic E-state index is 5.89. The molecule has 0 aliphatic rings. The van der Waals surface area contributed by atoms with Crippen LogP contribution in [0.4, 0.5) is 0 Å². The number of aryl methyl sites for hydroxylation is 1. The van der Waals surface area contributed by atoms with E-state index in [9.17, 15) is 0 Å². The maximum absolute atomic E-state index is 5.89. The lowest BCUT2D eigenvalue weighted by molar-refractivity contribution is 0.312. The molecule has 0 fully saturated rings. The molecule has 0 aliphatic carbocycles. The molecule has 84 valence electrons. The number of nitrogens with two attached hydrogens (primary N) is 1. The molecule has 0 spiro atoms. The van der Waals surface area contributed by atoms with Crippen molar-refractivity contribution in [3.63, 3.8) is 0 Å². The van der Waals surface area contributed by atoms with E-state index in [2.05, 4.69) is 10.1 Å². The average molecular weight is 217 g/mol. The number of benzene rings is 1. The highest BCUT2D eigenvalue weighted by molar-refractivity contribution is 5.59. The minimum Gasteiger partial charge on any atom is -0.337 e. The highest BCUT2D eigenvalue weighted by Crippen LogP contribution is 2.22. The van der Waals surface area contributed by atoms with Gasteiger partial charge in [0.05, 0.1) is 5.54 Å². The second-order valence-corrected chi connectivity index (χ2v) is 4.46. The Morgan fingerprint density at radius 3 is 2.50 bits per heavy atom. The van der Waals surface area contributed by atoms with E-state index in [0.29, 0.717) is 11.7 Å². The van der Waals surface area contributed by atoms with Crippen LogP contribution in [0.2, 0.25) is 0 Å². The molecule has 0 atom stereocenters. The van der Waals surface area contributed by atoms with E-state index in [4.69, 9.17) is 10.3 Å². The maximum Gasteiger partial charge on any atom is 0.246 e. The Morgan fingerprint density at radius 2 is 1.94 bits per heavy atom. The van der Waals surface area contributed by atoms with Crippen LogP contribution in [0, 0.1) is 6.92 Å². The van der Waals surface area contributed by atoms with E-state index in [1.54, 1.807) is 0 Å². The molecule has 2 aromatic rings. The zero-order chi connectivity index (χ0) is 11.8. The van der Waals surface area contributed by atoms with Gasteiger partial charge in [-0.15, -0.1) is 0 Å². The van der Waals surface area contributed by atoms with E-state index in [1.165, 1.54) is 0 Å². The summed E-state index contributed by atoms with van der Waals surface area (Å²) in [6.07, 6.45) is 0. The molecule has 0 unspecified atom stereocenters. The van der Waals surface area contributed by atoms with Crippen molar-refractivity contribution >= 4 is 0 Å². The van der Waals surface area contributed by atoms with Gasteiger partial charge in [0.25, 0.3) is 0 Å². The molecule has 0 aliphatic heterocycles. The molecular weight excluding hydrogens is 202 g/mol. The molecule has 1 heterocycles. The first kappa shape index (κ1) is 10.8. The molecule has 2 N–H and O–H groups in total. The molecule has 1 aromatic heterocycles. The van der Waals surface area contributed by atoms with Crippen LogP contribution in [0.25, 0.3) is 11.4 Å². The number of aromatic nitrogens is 2. The molecule has 4 nitrogen and oxygen atoms in total. The predicted octanol–water partition coefficient (Wildman–Crippen LogP) is 2.24. The summed E-state index contributed by atoms with van der Waals surface area (Å²) >= 11 is 0. The fourth-order valence-corrected chi connectivity index (χ4v) is 1.42. The summed E-state index contributed by atoms with van der Waals surface area (Å²) in [6.45, 7) is 5.68. The fraction of sp³-hybridized carbons (Fsp3) is 0.333. The predicted molar refractivity (Wildman–Crippen MR) is 61.7 cm³/mol. The van der Waals surface area contributed by atoms with Crippen molar-refractivity contribution in [3.8, 4) is 11.4 Å². The van der Waals surface area contributed by atoms with Crippen molar-refractivity contribution in [2.75, 3.05) is 0 Å². The summed E-state index contributed by atoms with van der Waals surface area (Å²) in [5.41, 5.74) is 7.38. The highest BCUT2D eigenvalue weighted by Gasteiger charge is 2.22. The lowest BCUT2D eigenvalue weighted by atomic mass is 10.1. The second-order valence-electron chi connectivity index (χ2n) is 4.46. The summed E-state index contributed by atoms with van der Waals surface area (Å²) < 4.78 is 5.15. The lowest BCUT2D eigenvalue weighted by Crippen LogP contribution is -2.28. The largest absolute Gasteiger partial charge is 0.337 e. The van der Waals surface area contributed by atoms with Crippen LogP contribution >= 0.6 is 0 Å². The summed E-state index contributed by atoms with van der Waals surface area (Å²) in [4.78, 5) is 4.31. The lowest BCUT2D eigenvalue weighted by Gasteiger charge is -2.10. The first-order valence-electron chi connectivity index (χ1n) is 5.17. The molecule has 0 saturated heterocycles. The third-order valence-electron chi connectivity index (χ3n) is 2.36. The van der Waals surface area contributed by atoms with E-state index in [-0.39, 0.29) is 0 Å². The Balaban J connectivity index is 2.44. The zero-order valence-corrected chi connectivity index (χ0v) is 9.69. The van der Waals surface area contributed by atoms with Gasteiger partial charge < -0.3 is 10.3 Å². The van der Waals surface area contributed by atoms with Gasteiger partial charge in [0, 0.05) is 5.56 Å². The molecule has 16 heavy (non-hydrogen) atoms. The highest BCUT2D eigenvalue weighted by atomic mass is 16.5. The van der Waals surface area contributed by atoms with Gasteiger partial charge in [0.2, 0.25) is 11.7 Å². The van der Waals surface area contributed by atoms with Crippen LogP contribution in [-0.2, 0) is 5.54 Å². The molecule has 0 amide bonds. The van der Waals surface area contributed by atoms with Crippen LogP contribution in [0.3, 0.4) is 0 Å². The Morgan fingerprint density at radius 1 is 1.25 bits per heavy atom. The molecule has 0 bridgehead atoms. The number of hydrogen-bond donors (Lipinski definition) is 1. The van der Waals surface area contributed by atoms with Gasteiger partial charge in [-0.05, 0) is 26.3 Å². The van der Waals surface area contributed by atoms with Gasteiger partial charge in [-0.1, -0.05) is 29.4 Å². The number of hydrogen-bond acceptors (Lipinski definition) is 4. The average Bonchev–Trinajstić information content (AvgIpc) is 2.66. The van der Waals surface area contributed by atoms with E-state index >= 15 is 0 Å². The summed E-state index contributed by atoms with van der Waals surface area (Å²) in [7, 11) is 0. The standard InChI is InChI=1S/C12H15N3O/c1-8-6-4-5-7-9(8)10-14-11(16-15-10)12(2,3)13/h4-7H,13H2,1-3H3. The minimum absolute atomic E-state index is 0.450. The van der Waals surface area contributed by atoms with Gasteiger partial charge in [-0.25, -0.2) is 0 Å². The van der Waals surface area contributed by atoms with Crippen LogP contribution in [0.15, 0.2) is 28.8 Å². The van der Waals surface area contributed by atoms with Crippen molar-refractivity contribution in [3.05, 3.63) is 35.7 Å². The van der Waals surface area contributed by atoms with Crippen LogP contribution in [-0.4, -0.2) is 10.1 Å². The third kappa shape index (κ3) is 1.97.